The van der Waals surface area contributed by atoms with Crippen LogP contribution in [-0.4, -0.2) is 25.0 Å². The van der Waals surface area contributed by atoms with Gasteiger partial charge in [0.25, 0.3) is 0 Å². The molecular weight excluding hydrogens is 237 g/mol. The summed E-state index contributed by atoms with van der Waals surface area (Å²) in [6.07, 6.45) is 1.93. The van der Waals surface area contributed by atoms with Crippen molar-refractivity contribution in [2.75, 3.05) is 19.0 Å². The highest BCUT2D eigenvalue weighted by Crippen LogP contribution is 2.14. The number of rotatable bonds is 3. The maximum Gasteiger partial charge on any atom is 0.221 e. The molecule has 0 aromatic carbocycles. The van der Waals surface area contributed by atoms with E-state index in [-0.39, 0.29) is 37.1 Å². The molecule has 0 aliphatic rings. The van der Waals surface area contributed by atoms with Crippen LogP contribution in [0.4, 0.5) is 5.82 Å². The zero-order valence-corrected chi connectivity index (χ0v) is 10.3. The number of primary amides is 1. The van der Waals surface area contributed by atoms with E-state index in [0.29, 0.717) is 0 Å². The summed E-state index contributed by atoms with van der Waals surface area (Å²) in [5, 5.41) is 0. The molecule has 0 aliphatic carbocycles. The van der Waals surface area contributed by atoms with Gasteiger partial charge >= 0.3 is 0 Å². The van der Waals surface area contributed by atoms with Crippen LogP contribution in [0.25, 0.3) is 0 Å². The Kier molecular flexibility index (Phi) is 8.01. The molecule has 1 aromatic rings. The fourth-order valence-corrected chi connectivity index (χ4v) is 1.16. The first-order chi connectivity index (χ1) is 6.11. The minimum absolute atomic E-state index is 0. The maximum atomic E-state index is 10.7. The Balaban J connectivity index is 0. The van der Waals surface area contributed by atoms with Gasteiger partial charge in [-0.25, -0.2) is 4.98 Å². The van der Waals surface area contributed by atoms with E-state index in [2.05, 4.69) is 4.98 Å². The smallest absolute Gasteiger partial charge is 0.221 e. The molecule has 0 bridgehead atoms. The molecule has 0 radical (unpaired) electrons. The number of halogens is 2. The third-order valence-corrected chi connectivity index (χ3v) is 1.66. The molecule has 1 rings (SSSR count). The van der Waals surface area contributed by atoms with Crippen molar-refractivity contribution in [3.05, 3.63) is 23.9 Å². The molecule has 0 saturated carbocycles. The second kappa shape index (κ2) is 7.31. The number of nitrogens with two attached hydrogens (primary N) is 1. The minimum Gasteiger partial charge on any atom is -0.369 e. The van der Waals surface area contributed by atoms with Crippen molar-refractivity contribution in [1.29, 1.82) is 0 Å². The van der Waals surface area contributed by atoms with Crippen LogP contribution in [0.15, 0.2) is 18.3 Å². The molecule has 15 heavy (non-hydrogen) atoms. The Morgan fingerprint density at radius 3 is 2.53 bits per heavy atom. The molecule has 86 valence electrons. The quantitative estimate of drug-likeness (QED) is 0.873. The highest BCUT2D eigenvalue weighted by molar-refractivity contribution is 5.85. The minimum atomic E-state index is -0.337. The van der Waals surface area contributed by atoms with Crippen LogP contribution < -0.4 is 10.6 Å². The van der Waals surface area contributed by atoms with Gasteiger partial charge in [0.05, 0.1) is 6.42 Å². The zero-order chi connectivity index (χ0) is 9.84. The van der Waals surface area contributed by atoms with Gasteiger partial charge < -0.3 is 10.6 Å². The lowest BCUT2D eigenvalue weighted by Crippen LogP contribution is -2.18. The van der Waals surface area contributed by atoms with Gasteiger partial charge in [-0.05, 0) is 6.07 Å². The van der Waals surface area contributed by atoms with Gasteiger partial charge in [0.1, 0.15) is 5.82 Å². The summed E-state index contributed by atoms with van der Waals surface area (Å²) >= 11 is 0. The SMILES string of the molecule is CN(C)c1ncccc1CC(N)=O.Cl.Cl. The first kappa shape index (κ1) is 16.4. The van der Waals surface area contributed by atoms with Crippen LogP contribution in [0.2, 0.25) is 0 Å². The van der Waals surface area contributed by atoms with Crippen LogP contribution in [0.1, 0.15) is 5.56 Å². The van der Waals surface area contributed by atoms with Gasteiger partial charge in [-0.15, -0.1) is 24.8 Å². The molecule has 1 aromatic heterocycles. The summed E-state index contributed by atoms with van der Waals surface area (Å²) in [6, 6.07) is 3.65. The Morgan fingerprint density at radius 2 is 2.07 bits per heavy atom. The molecule has 2 N–H and O–H groups in total. The lowest BCUT2D eigenvalue weighted by atomic mass is 10.2. The molecule has 0 spiro atoms. The van der Waals surface area contributed by atoms with Crippen LogP contribution in [0.3, 0.4) is 0 Å². The first-order valence-corrected chi connectivity index (χ1v) is 4.01. The maximum absolute atomic E-state index is 10.7. The molecule has 1 amide bonds. The van der Waals surface area contributed by atoms with Crippen molar-refractivity contribution in [3.8, 4) is 0 Å². The van der Waals surface area contributed by atoms with Gasteiger partial charge in [-0.3, -0.25) is 4.79 Å². The van der Waals surface area contributed by atoms with Crippen LogP contribution in [0.5, 0.6) is 0 Å². The van der Waals surface area contributed by atoms with Crippen molar-refractivity contribution >= 4 is 36.5 Å². The number of hydrogen-bond acceptors (Lipinski definition) is 3. The van der Waals surface area contributed by atoms with Crippen LogP contribution in [-0.2, 0) is 11.2 Å². The standard InChI is InChI=1S/C9H13N3O.2ClH/c1-12(2)9-7(6-8(10)13)4-3-5-11-9;;/h3-5H,6H2,1-2H3,(H2,10,13);2*1H. The number of hydrogen-bond donors (Lipinski definition) is 1. The van der Waals surface area contributed by atoms with Gasteiger partial charge in [0, 0.05) is 25.9 Å². The van der Waals surface area contributed by atoms with E-state index < -0.39 is 0 Å². The average molecular weight is 252 g/mol. The number of amides is 1. The topological polar surface area (TPSA) is 59.2 Å². The predicted molar refractivity (Wildman–Crippen MR) is 66.0 cm³/mol. The third-order valence-electron chi connectivity index (χ3n) is 1.66. The van der Waals surface area contributed by atoms with E-state index in [4.69, 9.17) is 5.73 Å². The Labute approximate surface area is 102 Å². The lowest BCUT2D eigenvalue weighted by molar-refractivity contribution is -0.117. The Bertz CT molecular complexity index is 318. The van der Waals surface area contributed by atoms with Gasteiger partial charge in [0.2, 0.25) is 5.91 Å². The summed E-state index contributed by atoms with van der Waals surface area (Å²) in [5.41, 5.74) is 5.97. The van der Waals surface area contributed by atoms with E-state index in [1.807, 2.05) is 25.1 Å². The van der Waals surface area contributed by atoms with Crippen molar-refractivity contribution < 1.29 is 4.79 Å². The van der Waals surface area contributed by atoms with E-state index >= 15 is 0 Å². The summed E-state index contributed by atoms with van der Waals surface area (Å²) in [7, 11) is 3.76. The second-order valence-electron chi connectivity index (χ2n) is 3.02. The number of nitrogens with zero attached hydrogens (tertiary/aromatic N) is 2. The molecule has 1 heterocycles. The summed E-state index contributed by atoms with van der Waals surface area (Å²) in [5.74, 6) is 0.456. The van der Waals surface area contributed by atoms with E-state index in [1.165, 1.54) is 0 Å². The molecular formula is C9H15Cl2N3O. The summed E-state index contributed by atoms with van der Waals surface area (Å²) in [6.45, 7) is 0. The fraction of sp³-hybridized carbons (Fsp3) is 0.333. The highest BCUT2D eigenvalue weighted by atomic mass is 35.5. The number of carbonyl (C=O) groups excluding carboxylic acids is 1. The molecule has 0 unspecified atom stereocenters. The largest absolute Gasteiger partial charge is 0.369 e. The first-order valence-electron chi connectivity index (χ1n) is 4.01. The lowest BCUT2D eigenvalue weighted by Gasteiger charge is -2.14. The number of carbonyl (C=O) groups is 1. The molecule has 0 aliphatic heterocycles. The van der Waals surface area contributed by atoms with E-state index in [9.17, 15) is 4.79 Å². The van der Waals surface area contributed by atoms with Gasteiger partial charge in [-0.2, -0.15) is 0 Å². The Hall–Kier alpha value is -1.00. The monoisotopic (exact) mass is 251 g/mol. The Morgan fingerprint density at radius 1 is 1.47 bits per heavy atom. The van der Waals surface area contributed by atoms with Gasteiger partial charge in [-0.1, -0.05) is 6.07 Å². The summed E-state index contributed by atoms with van der Waals surface area (Å²) < 4.78 is 0. The fourth-order valence-electron chi connectivity index (χ4n) is 1.16. The number of aromatic nitrogens is 1. The van der Waals surface area contributed by atoms with E-state index in [0.717, 1.165) is 11.4 Å². The van der Waals surface area contributed by atoms with Gasteiger partial charge in [0.15, 0.2) is 0 Å². The predicted octanol–water partition coefficient (Wildman–Crippen LogP) is 1.02. The second-order valence-corrected chi connectivity index (χ2v) is 3.02. The number of anilines is 1. The van der Waals surface area contributed by atoms with Crippen molar-refractivity contribution in [3.63, 3.8) is 0 Å². The van der Waals surface area contributed by atoms with Crippen molar-refractivity contribution in [2.45, 2.75) is 6.42 Å². The van der Waals surface area contributed by atoms with Crippen LogP contribution in [0, 0.1) is 0 Å². The normalized spacial score (nSPS) is 8.40. The van der Waals surface area contributed by atoms with Crippen LogP contribution >= 0.6 is 24.8 Å². The van der Waals surface area contributed by atoms with Crippen molar-refractivity contribution in [2.24, 2.45) is 5.73 Å². The summed E-state index contributed by atoms with van der Waals surface area (Å²) in [4.78, 5) is 16.7. The van der Waals surface area contributed by atoms with E-state index in [1.54, 1.807) is 12.3 Å². The van der Waals surface area contributed by atoms with Crippen molar-refractivity contribution in [1.82, 2.24) is 4.98 Å². The third kappa shape index (κ3) is 4.85. The molecule has 0 fully saturated rings. The molecule has 4 nitrogen and oxygen atoms in total. The molecule has 0 atom stereocenters. The molecule has 0 saturated heterocycles. The molecule has 6 heteroatoms. The highest BCUT2D eigenvalue weighted by Gasteiger charge is 2.06. The zero-order valence-electron chi connectivity index (χ0n) is 8.64. The average Bonchev–Trinajstić information content (AvgIpc) is 2.03. The number of pyridine rings is 1.